The average molecular weight is 454 g/mol. The molecule has 0 spiro atoms. The van der Waals surface area contributed by atoms with Gasteiger partial charge in [-0.1, -0.05) is 35.0 Å². The van der Waals surface area contributed by atoms with Crippen molar-refractivity contribution in [1.29, 1.82) is 0 Å². The summed E-state index contributed by atoms with van der Waals surface area (Å²) in [5, 5.41) is 0.674. The van der Waals surface area contributed by atoms with E-state index in [1.165, 1.54) is 0 Å². The highest BCUT2D eigenvalue weighted by Crippen LogP contribution is 2.22. The van der Waals surface area contributed by atoms with E-state index in [9.17, 15) is 9.59 Å². The van der Waals surface area contributed by atoms with Crippen LogP contribution in [0.25, 0.3) is 10.9 Å². The van der Waals surface area contributed by atoms with E-state index in [1.54, 1.807) is 0 Å². The number of hydrogen-bond donors (Lipinski definition) is 0. The van der Waals surface area contributed by atoms with Crippen molar-refractivity contribution in [3.8, 4) is 0 Å². The van der Waals surface area contributed by atoms with Gasteiger partial charge in [-0.15, -0.1) is 0 Å². The fourth-order valence-corrected chi connectivity index (χ4v) is 4.29. The molecule has 1 fully saturated rings. The van der Waals surface area contributed by atoms with Crippen LogP contribution in [0.4, 0.5) is 0 Å². The second kappa shape index (κ2) is 8.49. The van der Waals surface area contributed by atoms with Crippen molar-refractivity contribution in [2.45, 2.75) is 32.7 Å². The van der Waals surface area contributed by atoms with Crippen LogP contribution in [0.2, 0.25) is 0 Å². The van der Waals surface area contributed by atoms with Gasteiger partial charge >= 0.3 is 0 Å². The Balaban J connectivity index is 1.47. The summed E-state index contributed by atoms with van der Waals surface area (Å²) in [5.74, 6) is 1.28. The number of aromatic nitrogens is 2. The molecule has 0 atom stereocenters. The van der Waals surface area contributed by atoms with Gasteiger partial charge in [-0.05, 0) is 55.2 Å². The molecular weight excluding hydrogens is 430 g/mol. The highest BCUT2D eigenvalue weighted by molar-refractivity contribution is 9.10. The topological polar surface area (TPSA) is 55.2 Å². The van der Waals surface area contributed by atoms with Crippen LogP contribution in [0.5, 0.6) is 0 Å². The first-order chi connectivity index (χ1) is 14.1. The van der Waals surface area contributed by atoms with Gasteiger partial charge in [0.15, 0.2) is 0 Å². The van der Waals surface area contributed by atoms with Gasteiger partial charge in [0.25, 0.3) is 11.5 Å². The molecule has 3 aromatic rings. The van der Waals surface area contributed by atoms with Gasteiger partial charge in [0, 0.05) is 36.1 Å². The van der Waals surface area contributed by atoms with E-state index in [0.29, 0.717) is 17.8 Å². The number of rotatable bonds is 4. The average Bonchev–Trinajstić information content (AvgIpc) is 2.76. The van der Waals surface area contributed by atoms with Crippen LogP contribution in [0.1, 0.15) is 35.9 Å². The number of para-hydroxylation sites is 1. The number of halogens is 1. The Morgan fingerprint density at radius 3 is 2.48 bits per heavy atom. The molecule has 0 saturated carbocycles. The van der Waals surface area contributed by atoms with Crippen molar-refractivity contribution in [2.24, 2.45) is 5.92 Å². The Kier molecular flexibility index (Phi) is 5.81. The Bertz CT molecular complexity index is 1080. The van der Waals surface area contributed by atoms with Crippen LogP contribution in [-0.2, 0) is 13.0 Å². The first kappa shape index (κ1) is 19.8. The third kappa shape index (κ3) is 4.13. The monoisotopic (exact) mass is 453 g/mol. The minimum absolute atomic E-state index is 0.0424. The van der Waals surface area contributed by atoms with E-state index >= 15 is 0 Å². The zero-order chi connectivity index (χ0) is 20.4. The van der Waals surface area contributed by atoms with Crippen molar-refractivity contribution in [2.75, 3.05) is 13.1 Å². The summed E-state index contributed by atoms with van der Waals surface area (Å²) in [4.78, 5) is 32.4. The molecule has 1 saturated heterocycles. The lowest BCUT2D eigenvalue weighted by Gasteiger charge is -2.32. The minimum atomic E-state index is 0.0424. The molecule has 2 aromatic carbocycles. The predicted molar refractivity (Wildman–Crippen MR) is 118 cm³/mol. The molecular formula is C23H24BrN3O2. The Morgan fingerprint density at radius 2 is 1.79 bits per heavy atom. The van der Waals surface area contributed by atoms with E-state index in [4.69, 9.17) is 4.98 Å². The maximum absolute atomic E-state index is 13.0. The van der Waals surface area contributed by atoms with E-state index in [0.717, 1.165) is 53.7 Å². The largest absolute Gasteiger partial charge is 0.339 e. The lowest BCUT2D eigenvalue weighted by atomic mass is 9.96. The molecule has 0 N–H and O–H groups in total. The zero-order valence-electron chi connectivity index (χ0n) is 16.5. The summed E-state index contributed by atoms with van der Waals surface area (Å²) in [5.41, 5.74) is 1.52. The lowest BCUT2D eigenvalue weighted by Crippen LogP contribution is -2.40. The van der Waals surface area contributed by atoms with Gasteiger partial charge in [-0.3, -0.25) is 14.2 Å². The zero-order valence-corrected chi connectivity index (χ0v) is 18.1. The summed E-state index contributed by atoms with van der Waals surface area (Å²) >= 11 is 3.40. The summed E-state index contributed by atoms with van der Waals surface area (Å²) in [6.07, 6.45) is 2.51. The SMILES string of the molecule is CCc1nc2ccccc2c(=O)n1CC1CCN(C(=O)c2ccc(Br)cc2)CC1. The highest BCUT2D eigenvalue weighted by atomic mass is 79.9. The van der Waals surface area contributed by atoms with Gasteiger partial charge in [0.1, 0.15) is 5.82 Å². The second-order valence-electron chi connectivity index (χ2n) is 7.56. The quantitative estimate of drug-likeness (QED) is 0.592. The number of carbonyl (C=O) groups excluding carboxylic acids is 1. The van der Waals surface area contributed by atoms with Crippen molar-refractivity contribution in [1.82, 2.24) is 14.5 Å². The predicted octanol–water partition coefficient (Wildman–Crippen LogP) is 4.27. The van der Waals surface area contributed by atoms with Gasteiger partial charge in [-0.25, -0.2) is 4.98 Å². The number of likely N-dealkylation sites (tertiary alicyclic amines) is 1. The molecule has 1 aliphatic rings. The number of piperidine rings is 1. The third-order valence-corrected chi connectivity index (χ3v) is 6.22. The lowest BCUT2D eigenvalue weighted by molar-refractivity contribution is 0.0682. The maximum Gasteiger partial charge on any atom is 0.261 e. The van der Waals surface area contributed by atoms with Crippen molar-refractivity contribution in [3.05, 3.63) is 74.7 Å². The number of amides is 1. The number of aryl methyl sites for hydroxylation is 1. The Morgan fingerprint density at radius 1 is 1.10 bits per heavy atom. The normalized spacial score (nSPS) is 15.0. The van der Waals surface area contributed by atoms with E-state index in [1.807, 2.05) is 64.9 Å². The first-order valence-electron chi connectivity index (χ1n) is 10.1. The number of fused-ring (bicyclic) bond motifs is 1. The Labute approximate surface area is 178 Å². The van der Waals surface area contributed by atoms with E-state index < -0.39 is 0 Å². The Hall–Kier alpha value is -2.47. The van der Waals surface area contributed by atoms with Crippen LogP contribution < -0.4 is 5.56 Å². The maximum atomic E-state index is 13.0. The van der Waals surface area contributed by atoms with Crippen LogP contribution in [0.3, 0.4) is 0 Å². The molecule has 1 aliphatic heterocycles. The van der Waals surface area contributed by atoms with Gasteiger partial charge in [0.05, 0.1) is 10.9 Å². The molecule has 0 radical (unpaired) electrons. The molecule has 2 heterocycles. The van der Waals surface area contributed by atoms with Gasteiger partial charge < -0.3 is 4.90 Å². The molecule has 5 nitrogen and oxygen atoms in total. The van der Waals surface area contributed by atoms with Crippen LogP contribution >= 0.6 is 15.9 Å². The van der Waals surface area contributed by atoms with Crippen LogP contribution in [0.15, 0.2) is 57.8 Å². The highest BCUT2D eigenvalue weighted by Gasteiger charge is 2.25. The third-order valence-electron chi connectivity index (χ3n) is 5.69. The molecule has 150 valence electrons. The standard InChI is InChI=1S/C23H24BrN3O2/c1-2-21-25-20-6-4-3-5-19(20)23(29)27(21)15-16-11-13-26(14-12-16)22(28)17-7-9-18(24)10-8-17/h3-10,16H,2,11-15H2,1H3. The smallest absolute Gasteiger partial charge is 0.261 e. The molecule has 1 amide bonds. The van der Waals surface area contributed by atoms with Crippen molar-refractivity contribution < 1.29 is 4.79 Å². The van der Waals surface area contributed by atoms with Gasteiger partial charge in [-0.2, -0.15) is 0 Å². The summed E-state index contributed by atoms with van der Waals surface area (Å²) in [6.45, 7) is 4.14. The summed E-state index contributed by atoms with van der Waals surface area (Å²) in [6, 6.07) is 15.0. The summed E-state index contributed by atoms with van der Waals surface area (Å²) < 4.78 is 2.81. The number of benzene rings is 2. The number of carbonyl (C=O) groups is 1. The molecule has 29 heavy (non-hydrogen) atoms. The fraction of sp³-hybridized carbons (Fsp3) is 0.348. The van der Waals surface area contributed by atoms with E-state index in [-0.39, 0.29) is 11.5 Å². The van der Waals surface area contributed by atoms with E-state index in [2.05, 4.69) is 15.9 Å². The second-order valence-corrected chi connectivity index (χ2v) is 8.47. The number of nitrogens with zero attached hydrogens (tertiary/aromatic N) is 3. The molecule has 0 bridgehead atoms. The first-order valence-corrected chi connectivity index (χ1v) is 10.9. The molecule has 0 aliphatic carbocycles. The van der Waals surface area contributed by atoms with Crippen LogP contribution in [0, 0.1) is 5.92 Å². The van der Waals surface area contributed by atoms with Gasteiger partial charge in [0.2, 0.25) is 0 Å². The summed E-state index contributed by atoms with van der Waals surface area (Å²) in [7, 11) is 0. The fourth-order valence-electron chi connectivity index (χ4n) is 4.02. The van der Waals surface area contributed by atoms with Crippen molar-refractivity contribution >= 4 is 32.7 Å². The number of hydrogen-bond acceptors (Lipinski definition) is 3. The van der Waals surface area contributed by atoms with Crippen LogP contribution in [-0.4, -0.2) is 33.4 Å². The minimum Gasteiger partial charge on any atom is -0.339 e. The molecule has 4 rings (SSSR count). The molecule has 0 unspecified atom stereocenters. The van der Waals surface area contributed by atoms with Crippen molar-refractivity contribution in [3.63, 3.8) is 0 Å². The molecule has 1 aromatic heterocycles. The molecule has 6 heteroatoms.